The summed E-state index contributed by atoms with van der Waals surface area (Å²) in [5.74, 6) is -0.367. The Morgan fingerprint density at radius 2 is 1.85 bits per heavy atom. The molecule has 0 amide bonds. The van der Waals surface area contributed by atoms with Crippen molar-refractivity contribution in [2.75, 3.05) is 12.4 Å². The van der Waals surface area contributed by atoms with Gasteiger partial charge >= 0.3 is 5.97 Å². The molecule has 0 spiro atoms. The highest BCUT2D eigenvalue weighted by Gasteiger charge is 2.23. The van der Waals surface area contributed by atoms with E-state index in [1.165, 1.54) is 22.4 Å². The Morgan fingerprint density at radius 1 is 1.03 bits per heavy atom. The third-order valence-corrected chi connectivity index (χ3v) is 8.10. The Hall–Kier alpha value is -3.69. The lowest BCUT2D eigenvalue weighted by molar-refractivity contribution is 0.0606. The Morgan fingerprint density at radius 3 is 2.64 bits per heavy atom. The van der Waals surface area contributed by atoms with Gasteiger partial charge in [0.25, 0.3) is 10.0 Å². The first-order chi connectivity index (χ1) is 16.0. The van der Waals surface area contributed by atoms with E-state index in [0.29, 0.717) is 16.2 Å². The average Bonchev–Trinajstić information content (AvgIpc) is 3.44. The minimum atomic E-state index is -3.84. The lowest BCUT2D eigenvalue weighted by atomic mass is 10.2. The molecule has 1 N–H and O–H groups in total. The summed E-state index contributed by atoms with van der Waals surface area (Å²) < 4.78 is 34.0. The van der Waals surface area contributed by atoms with Gasteiger partial charge in [-0.1, -0.05) is 18.2 Å². The molecule has 7 nitrogen and oxygen atoms in total. The van der Waals surface area contributed by atoms with Crippen molar-refractivity contribution in [1.29, 1.82) is 0 Å². The molecule has 0 radical (unpaired) electrons. The summed E-state index contributed by atoms with van der Waals surface area (Å²) in [5, 5.41) is 4.95. The van der Waals surface area contributed by atoms with Gasteiger partial charge in [0.15, 0.2) is 5.65 Å². The predicted octanol–water partition coefficient (Wildman–Crippen LogP) is 4.89. The molecule has 0 saturated carbocycles. The van der Waals surface area contributed by atoms with Gasteiger partial charge in [-0.2, -0.15) is 0 Å². The van der Waals surface area contributed by atoms with Gasteiger partial charge in [0.1, 0.15) is 4.88 Å². The normalized spacial score (nSPS) is 11.7. The molecule has 0 unspecified atom stereocenters. The standard InChI is InChI=1S/C24H19N3O4S2/c1-31-24(28)22-14-17-12-18(9-10-21(17)32-22)26-15-19-13-16-6-5-11-25-23(16)27(19)33(29,30)20-7-3-2-4-8-20/h2-14,26H,15H2,1H3. The van der Waals surface area contributed by atoms with Crippen LogP contribution in [0.5, 0.6) is 0 Å². The maximum atomic E-state index is 13.5. The summed E-state index contributed by atoms with van der Waals surface area (Å²) in [6, 6.07) is 21.3. The van der Waals surface area contributed by atoms with Gasteiger partial charge in [0, 0.05) is 22.0 Å². The SMILES string of the molecule is COC(=O)c1cc2cc(NCc3cc4cccnc4n3S(=O)(=O)c3ccccc3)ccc2s1. The molecular weight excluding hydrogens is 458 g/mol. The number of methoxy groups -OCH3 is 1. The molecule has 0 bridgehead atoms. The van der Waals surface area contributed by atoms with Crippen molar-refractivity contribution in [2.24, 2.45) is 0 Å². The van der Waals surface area contributed by atoms with E-state index in [-0.39, 0.29) is 17.4 Å². The molecule has 33 heavy (non-hydrogen) atoms. The van der Waals surface area contributed by atoms with Gasteiger partial charge in [0.05, 0.1) is 24.2 Å². The summed E-state index contributed by atoms with van der Waals surface area (Å²) in [4.78, 5) is 16.9. The van der Waals surface area contributed by atoms with Crippen molar-refractivity contribution in [2.45, 2.75) is 11.4 Å². The van der Waals surface area contributed by atoms with Crippen LogP contribution >= 0.6 is 11.3 Å². The van der Waals surface area contributed by atoms with E-state index in [4.69, 9.17) is 4.74 Å². The number of benzene rings is 2. The molecule has 0 aliphatic heterocycles. The Labute approximate surface area is 194 Å². The summed E-state index contributed by atoms with van der Waals surface area (Å²) in [6.45, 7) is 0.266. The molecular formula is C24H19N3O4S2. The Balaban J connectivity index is 1.51. The van der Waals surface area contributed by atoms with Crippen LogP contribution in [0.15, 0.2) is 83.9 Å². The third kappa shape index (κ3) is 3.85. The van der Waals surface area contributed by atoms with Crippen LogP contribution in [0.25, 0.3) is 21.1 Å². The van der Waals surface area contributed by atoms with E-state index in [1.807, 2.05) is 30.3 Å². The molecule has 2 aromatic carbocycles. The Kier molecular flexibility index (Phi) is 5.35. The van der Waals surface area contributed by atoms with Gasteiger partial charge in [0.2, 0.25) is 0 Å². The fourth-order valence-corrected chi connectivity index (χ4v) is 6.18. The zero-order valence-corrected chi connectivity index (χ0v) is 19.2. The lowest BCUT2D eigenvalue weighted by Gasteiger charge is -2.13. The average molecular weight is 478 g/mol. The monoisotopic (exact) mass is 477 g/mol. The molecule has 0 saturated heterocycles. The van der Waals surface area contributed by atoms with E-state index in [1.54, 1.807) is 48.7 Å². The van der Waals surface area contributed by atoms with Crippen molar-refractivity contribution >= 4 is 54.1 Å². The molecule has 0 atom stereocenters. The Bertz CT molecular complexity index is 1590. The zero-order chi connectivity index (χ0) is 23.0. The van der Waals surface area contributed by atoms with Crippen molar-refractivity contribution in [1.82, 2.24) is 8.96 Å². The van der Waals surface area contributed by atoms with Gasteiger partial charge < -0.3 is 10.1 Å². The third-order valence-electron chi connectivity index (χ3n) is 5.25. The molecule has 3 aromatic heterocycles. The van der Waals surface area contributed by atoms with E-state index in [9.17, 15) is 13.2 Å². The first-order valence-electron chi connectivity index (χ1n) is 10.1. The number of hydrogen-bond acceptors (Lipinski definition) is 7. The van der Waals surface area contributed by atoms with Gasteiger partial charge in [-0.15, -0.1) is 11.3 Å². The smallest absolute Gasteiger partial charge is 0.348 e. The van der Waals surface area contributed by atoms with Crippen molar-refractivity contribution in [3.63, 3.8) is 0 Å². The highest BCUT2D eigenvalue weighted by molar-refractivity contribution is 7.90. The molecule has 0 fully saturated rings. The maximum Gasteiger partial charge on any atom is 0.348 e. The minimum absolute atomic E-state index is 0.199. The number of anilines is 1. The fourth-order valence-electron chi connectivity index (χ4n) is 3.70. The number of hydrogen-bond donors (Lipinski definition) is 1. The predicted molar refractivity (Wildman–Crippen MR) is 129 cm³/mol. The van der Waals surface area contributed by atoms with E-state index in [0.717, 1.165) is 21.2 Å². The largest absolute Gasteiger partial charge is 0.465 e. The highest BCUT2D eigenvalue weighted by Crippen LogP contribution is 2.30. The van der Waals surface area contributed by atoms with Crippen molar-refractivity contribution in [3.05, 3.63) is 89.6 Å². The second-order valence-corrected chi connectivity index (χ2v) is 10.2. The quantitative estimate of drug-likeness (QED) is 0.350. The van der Waals surface area contributed by atoms with Gasteiger partial charge in [-0.25, -0.2) is 22.2 Å². The first-order valence-corrected chi connectivity index (χ1v) is 12.3. The second kappa shape index (κ2) is 8.34. The number of ether oxygens (including phenoxy) is 1. The van der Waals surface area contributed by atoms with Crippen LogP contribution in [-0.4, -0.2) is 30.5 Å². The number of pyridine rings is 1. The molecule has 3 heterocycles. The van der Waals surface area contributed by atoms with Crippen LogP contribution in [0, 0.1) is 0 Å². The number of rotatable bonds is 6. The van der Waals surface area contributed by atoms with Crippen LogP contribution in [0.4, 0.5) is 5.69 Å². The van der Waals surface area contributed by atoms with E-state index >= 15 is 0 Å². The second-order valence-electron chi connectivity index (χ2n) is 7.34. The fraction of sp³-hybridized carbons (Fsp3) is 0.0833. The lowest BCUT2D eigenvalue weighted by Crippen LogP contribution is -2.17. The summed E-state index contributed by atoms with van der Waals surface area (Å²) in [6.07, 6.45) is 1.58. The van der Waals surface area contributed by atoms with Crippen LogP contribution in [0.1, 0.15) is 15.4 Å². The molecule has 5 aromatic rings. The number of nitrogens with zero attached hydrogens (tertiary/aromatic N) is 2. The van der Waals surface area contributed by atoms with Crippen molar-refractivity contribution < 1.29 is 17.9 Å². The van der Waals surface area contributed by atoms with Crippen LogP contribution in [0.2, 0.25) is 0 Å². The van der Waals surface area contributed by atoms with Crippen molar-refractivity contribution in [3.8, 4) is 0 Å². The molecule has 5 rings (SSSR count). The number of nitrogens with one attached hydrogen (secondary N) is 1. The number of aromatic nitrogens is 2. The summed E-state index contributed by atoms with van der Waals surface area (Å²) >= 11 is 1.37. The number of thiophene rings is 1. The summed E-state index contributed by atoms with van der Waals surface area (Å²) in [5.41, 5.74) is 1.75. The molecule has 0 aliphatic carbocycles. The first kappa shape index (κ1) is 21.2. The highest BCUT2D eigenvalue weighted by atomic mass is 32.2. The van der Waals surface area contributed by atoms with E-state index < -0.39 is 10.0 Å². The zero-order valence-electron chi connectivity index (χ0n) is 17.6. The minimum Gasteiger partial charge on any atom is -0.465 e. The molecule has 0 aliphatic rings. The number of carbonyl (C=O) groups is 1. The molecule has 166 valence electrons. The topological polar surface area (TPSA) is 90.3 Å². The van der Waals surface area contributed by atoms with Gasteiger partial charge in [-0.3, -0.25) is 0 Å². The van der Waals surface area contributed by atoms with Crippen LogP contribution < -0.4 is 5.32 Å². The number of esters is 1. The van der Waals surface area contributed by atoms with E-state index in [2.05, 4.69) is 10.3 Å². The number of fused-ring (bicyclic) bond motifs is 2. The maximum absolute atomic E-state index is 13.5. The van der Waals surface area contributed by atoms with Crippen LogP contribution in [0.3, 0.4) is 0 Å². The molecule has 9 heteroatoms. The summed E-state index contributed by atoms with van der Waals surface area (Å²) in [7, 11) is -2.48. The van der Waals surface area contributed by atoms with Crippen LogP contribution in [-0.2, 0) is 21.3 Å². The number of carbonyl (C=O) groups excluding carboxylic acids is 1. The van der Waals surface area contributed by atoms with Gasteiger partial charge in [-0.05, 0) is 60.0 Å².